The quantitative estimate of drug-likeness (QED) is 0.748. The molecule has 1 amide bonds. The van der Waals surface area contributed by atoms with Crippen molar-refractivity contribution in [3.8, 4) is 0 Å². The lowest BCUT2D eigenvalue weighted by Crippen LogP contribution is -2.45. The van der Waals surface area contributed by atoms with Gasteiger partial charge in [-0.1, -0.05) is 35.9 Å². The van der Waals surface area contributed by atoms with Crippen LogP contribution in [0.15, 0.2) is 48.5 Å². The average Bonchev–Trinajstić information content (AvgIpc) is 2.55. The van der Waals surface area contributed by atoms with Gasteiger partial charge in [0.2, 0.25) is 0 Å². The summed E-state index contributed by atoms with van der Waals surface area (Å²) in [5.74, 6) is 0. The van der Waals surface area contributed by atoms with Gasteiger partial charge in [-0.05, 0) is 50.6 Å². The zero-order valence-electron chi connectivity index (χ0n) is 14.8. The monoisotopic (exact) mass is 358 g/mol. The summed E-state index contributed by atoms with van der Waals surface area (Å²) in [6.45, 7) is 7.77. The van der Waals surface area contributed by atoms with Gasteiger partial charge >= 0.3 is 6.09 Å². The van der Waals surface area contributed by atoms with E-state index in [4.69, 9.17) is 16.3 Å². The zero-order chi connectivity index (χ0) is 18.0. The van der Waals surface area contributed by atoms with Gasteiger partial charge in [-0.25, -0.2) is 4.79 Å². The van der Waals surface area contributed by atoms with Crippen molar-refractivity contribution in [2.75, 3.05) is 22.9 Å². The first kappa shape index (κ1) is 17.6. The van der Waals surface area contributed by atoms with E-state index in [1.54, 1.807) is 4.90 Å². The fourth-order valence-corrected chi connectivity index (χ4v) is 3.03. The van der Waals surface area contributed by atoms with Gasteiger partial charge in [0, 0.05) is 24.7 Å². The SMILES string of the molecule is CC(C)(C)OC(=O)N1CCN(Cc2ccc(Cl)cc2)c2ccccc21. The number of para-hydroxylation sites is 2. The third-order valence-electron chi connectivity index (χ3n) is 4.01. The maximum atomic E-state index is 12.5. The number of benzene rings is 2. The second-order valence-corrected chi connectivity index (χ2v) is 7.61. The predicted octanol–water partition coefficient (Wildman–Crippen LogP) is 5.10. The maximum absolute atomic E-state index is 12.5. The van der Waals surface area contributed by atoms with Crippen LogP contribution in [0.5, 0.6) is 0 Å². The molecule has 0 saturated heterocycles. The number of halogens is 1. The van der Waals surface area contributed by atoms with E-state index >= 15 is 0 Å². The Kier molecular flexibility index (Phi) is 4.91. The van der Waals surface area contributed by atoms with E-state index in [0.717, 1.165) is 29.5 Å². The second-order valence-electron chi connectivity index (χ2n) is 7.17. The van der Waals surface area contributed by atoms with Crippen LogP contribution in [0.4, 0.5) is 16.2 Å². The number of anilines is 2. The van der Waals surface area contributed by atoms with Gasteiger partial charge in [-0.15, -0.1) is 0 Å². The molecule has 0 saturated carbocycles. The van der Waals surface area contributed by atoms with Crippen LogP contribution in [0.2, 0.25) is 5.02 Å². The lowest BCUT2D eigenvalue weighted by molar-refractivity contribution is 0.0580. The number of fused-ring (bicyclic) bond motifs is 1. The largest absolute Gasteiger partial charge is 0.443 e. The number of ether oxygens (including phenoxy) is 1. The van der Waals surface area contributed by atoms with E-state index in [1.165, 1.54) is 5.56 Å². The molecule has 0 radical (unpaired) electrons. The standard InChI is InChI=1S/C20H23ClN2O2/c1-20(2,3)25-19(24)23-13-12-22(17-6-4-5-7-18(17)23)14-15-8-10-16(21)11-9-15/h4-11H,12-14H2,1-3H3. The molecule has 0 aliphatic carbocycles. The normalized spacial score (nSPS) is 14.2. The molecule has 0 aromatic heterocycles. The Labute approximate surface area is 154 Å². The highest BCUT2D eigenvalue weighted by molar-refractivity contribution is 6.30. The topological polar surface area (TPSA) is 32.8 Å². The van der Waals surface area contributed by atoms with Crippen molar-refractivity contribution in [2.45, 2.75) is 32.9 Å². The summed E-state index contributed by atoms with van der Waals surface area (Å²) in [4.78, 5) is 16.5. The third kappa shape index (κ3) is 4.26. The van der Waals surface area contributed by atoms with Crippen molar-refractivity contribution in [1.29, 1.82) is 0 Å². The van der Waals surface area contributed by atoms with E-state index in [-0.39, 0.29) is 6.09 Å². The van der Waals surface area contributed by atoms with Crippen molar-refractivity contribution < 1.29 is 9.53 Å². The molecular formula is C20H23ClN2O2. The molecule has 0 spiro atoms. The first-order chi connectivity index (χ1) is 11.8. The molecule has 3 rings (SSSR count). The lowest BCUT2D eigenvalue weighted by atomic mass is 10.1. The minimum atomic E-state index is -0.507. The van der Waals surface area contributed by atoms with Gasteiger partial charge in [-0.2, -0.15) is 0 Å². The van der Waals surface area contributed by atoms with Crippen molar-refractivity contribution in [3.63, 3.8) is 0 Å². The number of carbonyl (C=O) groups excluding carboxylic acids is 1. The molecule has 5 heteroatoms. The van der Waals surface area contributed by atoms with E-state index in [9.17, 15) is 4.79 Å². The van der Waals surface area contributed by atoms with E-state index < -0.39 is 5.60 Å². The van der Waals surface area contributed by atoms with Crippen LogP contribution in [0.1, 0.15) is 26.3 Å². The molecule has 0 bridgehead atoms. The van der Waals surface area contributed by atoms with Crippen LogP contribution in [-0.2, 0) is 11.3 Å². The van der Waals surface area contributed by atoms with Gasteiger partial charge in [0.1, 0.15) is 5.60 Å². The number of rotatable bonds is 2. The van der Waals surface area contributed by atoms with E-state index in [1.807, 2.05) is 69.3 Å². The Morgan fingerprint density at radius 2 is 1.68 bits per heavy atom. The average molecular weight is 359 g/mol. The van der Waals surface area contributed by atoms with Gasteiger partial charge < -0.3 is 9.64 Å². The lowest BCUT2D eigenvalue weighted by Gasteiger charge is -2.38. The first-order valence-corrected chi connectivity index (χ1v) is 8.80. The predicted molar refractivity (Wildman–Crippen MR) is 103 cm³/mol. The summed E-state index contributed by atoms with van der Waals surface area (Å²) in [6.07, 6.45) is -0.300. The number of carbonyl (C=O) groups is 1. The van der Waals surface area contributed by atoms with Crippen LogP contribution in [0, 0.1) is 0 Å². The Morgan fingerprint density at radius 3 is 2.32 bits per heavy atom. The van der Waals surface area contributed by atoms with Crippen LogP contribution in [-0.4, -0.2) is 24.8 Å². The summed E-state index contributed by atoms with van der Waals surface area (Å²) >= 11 is 5.97. The Bertz CT molecular complexity index is 753. The molecule has 0 atom stereocenters. The minimum absolute atomic E-state index is 0.300. The molecule has 2 aromatic carbocycles. The molecule has 25 heavy (non-hydrogen) atoms. The number of hydrogen-bond acceptors (Lipinski definition) is 3. The highest BCUT2D eigenvalue weighted by atomic mass is 35.5. The smallest absolute Gasteiger partial charge is 0.414 e. The van der Waals surface area contributed by atoms with Crippen LogP contribution >= 0.6 is 11.6 Å². The van der Waals surface area contributed by atoms with Crippen LogP contribution in [0.3, 0.4) is 0 Å². The number of nitrogens with zero attached hydrogens (tertiary/aromatic N) is 2. The summed E-state index contributed by atoms with van der Waals surface area (Å²) in [5, 5.41) is 0.735. The summed E-state index contributed by atoms with van der Waals surface area (Å²) in [5.41, 5.74) is 2.60. The molecule has 1 heterocycles. The number of hydrogen-bond donors (Lipinski definition) is 0. The molecule has 1 aliphatic rings. The first-order valence-electron chi connectivity index (χ1n) is 8.42. The van der Waals surface area contributed by atoms with E-state index in [2.05, 4.69) is 4.90 Å². The summed E-state index contributed by atoms with van der Waals surface area (Å²) in [6, 6.07) is 15.8. The second kappa shape index (κ2) is 6.96. The van der Waals surface area contributed by atoms with Crippen molar-refractivity contribution >= 4 is 29.1 Å². The van der Waals surface area contributed by atoms with Gasteiger partial charge in [-0.3, -0.25) is 4.90 Å². The zero-order valence-corrected chi connectivity index (χ0v) is 15.6. The maximum Gasteiger partial charge on any atom is 0.414 e. The molecule has 2 aromatic rings. The third-order valence-corrected chi connectivity index (χ3v) is 4.26. The van der Waals surface area contributed by atoms with Crippen molar-refractivity contribution in [3.05, 3.63) is 59.1 Å². The molecule has 1 aliphatic heterocycles. The molecule has 0 unspecified atom stereocenters. The molecule has 132 valence electrons. The van der Waals surface area contributed by atoms with Gasteiger partial charge in [0.25, 0.3) is 0 Å². The number of amides is 1. The van der Waals surface area contributed by atoms with E-state index in [0.29, 0.717) is 6.54 Å². The van der Waals surface area contributed by atoms with Gasteiger partial charge in [0.15, 0.2) is 0 Å². The molecule has 0 fully saturated rings. The Balaban J connectivity index is 1.83. The van der Waals surface area contributed by atoms with Crippen LogP contribution < -0.4 is 9.80 Å². The highest BCUT2D eigenvalue weighted by Crippen LogP contribution is 2.34. The van der Waals surface area contributed by atoms with Crippen molar-refractivity contribution in [2.24, 2.45) is 0 Å². The molecular weight excluding hydrogens is 336 g/mol. The Morgan fingerprint density at radius 1 is 1.04 bits per heavy atom. The fourth-order valence-electron chi connectivity index (χ4n) is 2.90. The Hall–Kier alpha value is -2.20. The summed E-state index contributed by atoms with van der Waals surface area (Å²) in [7, 11) is 0. The minimum Gasteiger partial charge on any atom is -0.443 e. The fraction of sp³-hybridized carbons (Fsp3) is 0.350. The van der Waals surface area contributed by atoms with Crippen molar-refractivity contribution in [1.82, 2.24) is 0 Å². The molecule has 0 N–H and O–H groups in total. The summed E-state index contributed by atoms with van der Waals surface area (Å²) < 4.78 is 5.55. The molecule has 4 nitrogen and oxygen atoms in total. The van der Waals surface area contributed by atoms with Crippen LogP contribution in [0.25, 0.3) is 0 Å². The highest BCUT2D eigenvalue weighted by Gasteiger charge is 2.29. The van der Waals surface area contributed by atoms with Gasteiger partial charge in [0.05, 0.1) is 11.4 Å².